The van der Waals surface area contributed by atoms with E-state index in [1.54, 1.807) is 19.1 Å². The van der Waals surface area contributed by atoms with Crippen molar-refractivity contribution >= 4 is 20.8 Å². The topological polar surface area (TPSA) is 46.2 Å². The van der Waals surface area contributed by atoms with Gasteiger partial charge in [0.25, 0.3) is 0 Å². The van der Waals surface area contributed by atoms with Gasteiger partial charge in [0.05, 0.1) is 4.90 Å². The summed E-state index contributed by atoms with van der Waals surface area (Å²) in [6.07, 6.45) is 0. The van der Waals surface area contributed by atoms with E-state index in [9.17, 15) is 17.2 Å². The average molecular weight is 347 g/mol. The third kappa shape index (κ3) is 3.29. The van der Waals surface area contributed by atoms with E-state index >= 15 is 0 Å². The minimum atomic E-state index is -3.79. The Hall–Kier alpha value is -2.31. The first-order chi connectivity index (χ1) is 11.4. The summed E-state index contributed by atoms with van der Waals surface area (Å²) >= 11 is 0. The number of benzene rings is 3. The van der Waals surface area contributed by atoms with Crippen molar-refractivity contribution in [2.75, 3.05) is 0 Å². The molecule has 0 amide bonds. The molecule has 0 fully saturated rings. The van der Waals surface area contributed by atoms with E-state index in [4.69, 9.17) is 0 Å². The second-order valence-corrected chi connectivity index (χ2v) is 7.24. The lowest BCUT2D eigenvalue weighted by molar-refractivity contribution is 0.504. The molecule has 124 valence electrons. The summed E-state index contributed by atoms with van der Waals surface area (Å²) in [5, 5.41) is 1.74. The summed E-state index contributed by atoms with van der Waals surface area (Å²) in [6, 6.07) is 14.9. The van der Waals surface area contributed by atoms with Crippen molar-refractivity contribution in [3.63, 3.8) is 0 Å². The SMILES string of the molecule is C[C@@H](NS(=O)(=O)c1ccc2ccccc2c1)c1ccc(F)c(F)c1. The van der Waals surface area contributed by atoms with Gasteiger partial charge in [-0.15, -0.1) is 0 Å². The van der Waals surface area contributed by atoms with E-state index in [1.165, 1.54) is 12.1 Å². The Bertz CT molecular complexity index is 1000. The Morgan fingerprint density at radius 3 is 2.29 bits per heavy atom. The van der Waals surface area contributed by atoms with Crippen molar-refractivity contribution in [2.24, 2.45) is 0 Å². The summed E-state index contributed by atoms with van der Waals surface area (Å²) in [6.45, 7) is 1.57. The lowest BCUT2D eigenvalue weighted by atomic mass is 10.1. The zero-order valence-corrected chi connectivity index (χ0v) is 13.6. The van der Waals surface area contributed by atoms with Gasteiger partial charge in [-0.2, -0.15) is 0 Å². The van der Waals surface area contributed by atoms with Crippen LogP contribution in [0.4, 0.5) is 8.78 Å². The molecule has 0 saturated carbocycles. The van der Waals surface area contributed by atoms with Crippen LogP contribution in [0.2, 0.25) is 0 Å². The maximum atomic E-state index is 13.3. The van der Waals surface area contributed by atoms with Crippen LogP contribution in [0.25, 0.3) is 10.8 Å². The Labute approximate surface area is 139 Å². The van der Waals surface area contributed by atoms with Crippen molar-refractivity contribution in [3.8, 4) is 0 Å². The highest BCUT2D eigenvalue weighted by Gasteiger charge is 2.19. The van der Waals surface area contributed by atoms with E-state index in [0.29, 0.717) is 5.56 Å². The highest BCUT2D eigenvalue weighted by atomic mass is 32.2. The predicted molar refractivity (Wildman–Crippen MR) is 89.0 cm³/mol. The maximum absolute atomic E-state index is 13.3. The van der Waals surface area contributed by atoms with Crippen molar-refractivity contribution in [3.05, 3.63) is 77.9 Å². The fraction of sp³-hybridized carbons (Fsp3) is 0.111. The highest BCUT2D eigenvalue weighted by molar-refractivity contribution is 7.89. The molecule has 1 N–H and O–H groups in total. The van der Waals surface area contributed by atoms with Crippen molar-refractivity contribution in [2.45, 2.75) is 17.9 Å². The van der Waals surface area contributed by atoms with Gasteiger partial charge in [-0.1, -0.05) is 36.4 Å². The van der Waals surface area contributed by atoms with Gasteiger partial charge in [-0.3, -0.25) is 0 Å². The Morgan fingerprint density at radius 2 is 1.58 bits per heavy atom. The molecule has 0 heterocycles. The van der Waals surface area contributed by atoms with E-state index in [2.05, 4.69) is 4.72 Å². The van der Waals surface area contributed by atoms with Crippen LogP contribution in [0.1, 0.15) is 18.5 Å². The summed E-state index contributed by atoms with van der Waals surface area (Å²) in [5.41, 5.74) is 0.346. The van der Waals surface area contributed by atoms with Crippen LogP contribution in [0.15, 0.2) is 65.6 Å². The fourth-order valence-corrected chi connectivity index (χ4v) is 3.75. The summed E-state index contributed by atoms with van der Waals surface area (Å²) < 4.78 is 53.9. The van der Waals surface area contributed by atoms with Gasteiger partial charge in [-0.25, -0.2) is 21.9 Å². The van der Waals surface area contributed by atoms with Crippen molar-refractivity contribution in [1.82, 2.24) is 4.72 Å². The lowest BCUT2D eigenvalue weighted by Gasteiger charge is -2.15. The van der Waals surface area contributed by atoms with Gasteiger partial charge < -0.3 is 0 Å². The molecule has 3 nitrogen and oxygen atoms in total. The van der Waals surface area contributed by atoms with Crippen LogP contribution in [0, 0.1) is 11.6 Å². The van der Waals surface area contributed by atoms with Crippen LogP contribution in [0.5, 0.6) is 0 Å². The molecular formula is C18H15F2NO2S. The predicted octanol–water partition coefficient (Wildman–Crippen LogP) is 4.16. The van der Waals surface area contributed by atoms with Gasteiger partial charge in [-0.05, 0) is 47.5 Å². The molecule has 0 spiro atoms. The highest BCUT2D eigenvalue weighted by Crippen LogP contribution is 2.22. The monoisotopic (exact) mass is 347 g/mol. The summed E-state index contributed by atoms with van der Waals surface area (Å²) in [7, 11) is -3.79. The van der Waals surface area contributed by atoms with Gasteiger partial charge in [0.15, 0.2) is 11.6 Å². The molecule has 0 aliphatic carbocycles. The first-order valence-corrected chi connectivity index (χ1v) is 8.81. The van der Waals surface area contributed by atoms with Gasteiger partial charge in [0.2, 0.25) is 10.0 Å². The number of fused-ring (bicyclic) bond motifs is 1. The number of hydrogen-bond donors (Lipinski definition) is 1. The molecule has 6 heteroatoms. The Balaban J connectivity index is 1.90. The lowest BCUT2D eigenvalue weighted by Crippen LogP contribution is -2.27. The molecule has 0 bridgehead atoms. The molecule has 0 unspecified atom stereocenters. The maximum Gasteiger partial charge on any atom is 0.241 e. The molecule has 0 aliphatic rings. The fourth-order valence-electron chi connectivity index (χ4n) is 2.49. The standard InChI is InChI=1S/C18H15F2NO2S/c1-12(14-7-9-17(19)18(20)11-14)21-24(22,23)16-8-6-13-4-2-3-5-15(13)10-16/h2-12,21H,1H3/t12-/m1/s1. The van der Waals surface area contributed by atoms with Gasteiger partial charge in [0.1, 0.15) is 0 Å². The first-order valence-electron chi connectivity index (χ1n) is 7.33. The number of nitrogens with one attached hydrogen (secondary N) is 1. The van der Waals surface area contributed by atoms with E-state index in [1.807, 2.05) is 24.3 Å². The molecule has 0 radical (unpaired) electrons. The van der Waals surface area contributed by atoms with Crippen molar-refractivity contribution < 1.29 is 17.2 Å². The molecule has 0 saturated heterocycles. The van der Waals surface area contributed by atoms with Crippen LogP contribution >= 0.6 is 0 Å². The van der Waals surface area contributed by atoms with Crippen LogP contribution in [-0.4, -0.2) is 8.42 Å². The zero-order valence-electron chi connectivity index (χ0n) is 12.8. The molecule has 3 rings (SSSR count). The number of rotatable bonds is 4. The number of sulfonamides is 1. The van der Waals surface area contributed by atoms with E-state index < -0.39 is 27.7 Å². The number of hydrogen-bond acceptors (Lipinski definition) is 2. The molecule has 0 aliphatic heterocycles. The third-order valence-electron chi connectivity index (χ3n) is 3.81. The molecular weight excluding hydrogens is 332 g/mol. The first kappa shape index (κ1) is 16.5. The summed E-state index contributed by atoms with van der Waals surface area (Å²) in [4.78, 5) is 0.121. The largest absolute Gasteiger partial charge is 0.241 e. The van der Waals surface area contributed by atoms with E-state index in [-0.39, 0.29) is 4.90 Å². The minimum absolute atomic E-state index is 0.121. The zero-order chi connectivity index (χ0) is 17.3. The average Bonchev–Trinajstić information content (AvgIpc) is 2.56. The Kier molecular flexibility index (Phi) is 4.34. The minimum Gasteiger partial charge on any atom is -0.207 e. The van der Waals surface area contributed by atoms with Gasteiger partial charge in [0, 0.05) is 6.04 Å². The number of halogens is 2. The van der Waals surface area contributed by atoms with Crippen molar-refractivity contribution in [1.29, 1.82) is 0 Å². The van der Waals surface area contributed by atoms with Crippen LogP contribution in [0.3, 0.4) is 0 Å². The second kappa shape index (κ2) is 6.30. The molecule has 3 aromatic rings. The quantitative estimate of drug-likeness (QED) is 0.770. The normalized spacial score (nSPS) is 13.1. The molecule has 0 aromatic heterocycles. The second-order valence-electron chi connectivity index (χ2n) is 5.53. The smallest absolute Gasteiger partial charge is 0.207 e. The molecule has 3 aromatic carbocycles. The summed E-state index contributed by atoms with van der Waals surface area (Å²) in [5.74, 6) is -1.98. The van der Waals surface area contributed by atoms with Crippen LogP contribution in [-0.2, 0) is 10.0 Å². The van der Waals surface area contributed by atoms with E-state index in [0.717, 1.165) is 22.9 Å². The Morgan fingerprint density at radius 1 is 0.875 bits per heavy atom. The van der Waals surface area contributed by atoms with Gasteiger partial charge >= 0.3 is 0 Å². The molecule has 1 atom stereocenters. The molecule has 24 heavy (non-hydrogen) atoms. The van der Waals surface area contributed by atoms with Crippen LogP contribution < -0.4 is 4.72 Å². The third-order valence-corrected chi connectivity index (χ3v) is 5.35.